The number of anilines is 2. The van der Waals surface area contributed by atoms with Crippen LogP contribution in [0.5, 0.6) is 11.5 Å². The van der Waals surface area contributed by atoms with Crippen molar-refractivity contribution in [1.82, 2.24) is 19.9 Å². The molecule has 2 aromatic heterocycles. The second-order valence-electron chi connectivity index (χ2n) is 12.8. The van der Waals surface area contributed by atoms with Gasteiger partial charge in [-0.05, 0) is 121 Å². The second-order valence-corrected chi connectivity index (χ2v) is 14.7. The van der Waals surface area contributed by atoms with Gasteiger partial charge in [-0.1, -0.05) is 47.5 Å². The van der Waals surface area contributed by atoms with Gasteiger partial charge in [-0.15, -0.1) is 23.2 Å². The monoisotopic (exact) mass is 878 g/mol. The molecule has 1 amide bonds. The zero-order valence-corrected chi connectivity index (χ0v) is 35.4. The van der Waals surface area contributed by atoms with Gasteiger partial charge in [0.1, 0.15) is 17.3 Å². The first-order chi connectivity index (χ1) is 28.1. The number of nitrogens with two attached hydrogens (primary N) is 1. The number of amides is 1. The average molecular weight is 881 g/mol. The van der Waals surface area contributed by atoms with Crippen molar-refractivity contribution in [3.05, 3.63) is 141 Å². The number of halogens is 5. The van der Waals surface area contributed by atoms with E-state index >= 15 is 0 Å². The zero-order chi connectivity index (χ0) is 41.6. The van der Waals surface area contributed by atoms with Crippen LogP contribution in [0.4, 0.5) is 11.6 Å². The van der Waals surface area contributed by atoms with Gasteiger partial charge in [0.2, 0.25) is 0 Å². The van der Waals surface area contributed by atoms with Crippen LogP contribution in [0.1, 0.15) is 55.8 Å². The Balaban J connectivity index is 0.000000177. The number of aromatic nitrogens is 4. The summed E-state index contributed by atoms with van der Waals surface area (Å²) in [5.74, 6) is 2.12. The lowest BCUT2D eigenvalue weighted by atomic mass is 10.0. The Labute approximate surface area is 362 Å². The van der Waals surface area contributed by atoms with Crippen molar-refractivity contribution < 1.29 is 19.1 Å². The maximum Gasteiger partial charge on any atom is 0.258 e. The van der Waals surface area contributed by atoms with Crippen molar-refractivity contribution in [3.8, 4) is 34.0 Å². The molecule has 300 valence electrons. The molecular weight excluding hydrogens is 842 g/mol. The van der Waals surface area contributed by atoms with Gasteiger partial charge < -0.3 is 20.5 Å². The molecule has 4 aromatic carbocycles. The molecule has 0 aliphatic heterocycles. The Morgan fingerprint density at radius 1 is 0.655 bits per heavy atom. The van der Waals surface area contributed by atoms with Crippen LogP contribution >= 0.6 is 58.0 Å². The second kappa shape index (κ2) is 21.7. The largest absolute Gasteiger partial charge is 0.496 e. The van der Waals surface area contributed by atoms with Gasteiger partial charge in [0.15, 0.2) is 5.82 Å². The number of hydrogen-bond donors (Lipinski definition) is 2. The number of benzene rings is 4. The Morgan fingerprint density at radius 3 is 1.50 bits per heavy atom. The van der Waals surface area contributed by atoms with Crippen LogP contribution in [-0.4, -0.2) is 50.6 Å². The molecule has 0 spiro atoms. The molecule has 0 unspecified atom stereocenters. The summed E-state index contributed by atoms with van der Waals surface area (Å²) in [6.07, 6.45) is 13.3. The van der Waals surface area contributed by atoms with Crippen LogP contribution in [0.15, 0.2) is 97.6 Å². The molecule has 0 fully saturated rings. The van der Waals surface area contributed by atoms with Gasteiger partial charge in [-0.25, -0.2) is 9.97 Å². The number of aryl methyl sites for hydroxylation is 4. The summed E-state index contributed by atoms with van der Waals surface area (Å²) >= 11 is 26.4. The van der Waals surface area contributed by atoms with Gasteiger partial charge in [-0.2, -0.15) is 0 Å². The van der Waals surface area contributed by atoms with Crippen molar-refractivity contribution in [2.45, 2.75) is 38.5 Å². The third kappa shape index (κ3) is 11.6. The third-order valence-corrected chi connectivity index (χ3v) is 10.0. The van der Waals surface area contributed by atoms with E-state index in [1.807, 2.05) is 0 Å². The fourth-order valence-corrected chi connectivity index (χ4v) is 7.06. The van der Waals surface area contributed by atoms with Gasteiger partial charge in [0.05, 0.1) is 76.9 Å². The van der Waals surface area contributed by atoms with Crippen LogP contribution < -0.4 is 20.5 Å². The smallest absolute Gasteiger partial charge is 0.258 e. The predicted molar refractivity (Wildman–Crippen MR) is 234 cm³/mol. The van der Waals surface area contributed by atoms with Crippen molar-refractivity contribution >= 4 is 80.8 Å². The maximum absolute atomic E-state index is 12.3. The minimum absolute atomic E-state index is 0.194. The molecule has 8 rings (SSSR count). The molecule has 15 heteroatoms. The van der Waals surface area contributed by atoms with E-state index in [1.54, 1.807) is 81.3 Å². The molecule has 6 aromatic rings. The minimum atomic E-state index is -0.523. The molecule has 0 saturated heterocycles. The topological polar surface area (TPSA) is 142 Å². The first kappa shape index (κ1) is 44.1. The molecule has 3 N–H and O–H groups in total. The van der Waals surface area contributed by atoms with E-state index in [1.165, 1.54) is 41.3 Å². The Hall–Kier alpha value is -4.97. The maximum atomic E-state index is 12.3. The first-order valence-corrected chi connectivity index (χ1v) is 20.2. The van der Waals surface area contributed by atoms with Crippen LogP contribution in [0.25, 0.3) is 22.5 Å². The molecule has 0 saturated carbocycles. The summed E-state index contributed by atoms with van der Waals surface area (Å²) in [5.41, 5.74) is 15.2. The lowest BCUT2D eigenvalue weighted by Crippen LogP contribution is -2.13. The average Bonchev–Trinajstić information content (AvgIpc) is 3.90. The van der Waals surface area contributed by atoms with Crippen LogP contribution in [0.3, 0.4) is 0 Å². The first-order valence-electron chi connectivity index (χ1n) is 18.0. The number of carbonyl (C=O) groups is 2. The van der Waals surface area contributed by atoms with Gasteiger partial charge in [-0.3, -0.25) is 19.6 Å². The third-order valence-electron chi connectivity index (χ3n) is 9.15. The lowest BCUT2D eigenvalue weighted by molar-refractivity contribution is 0.102. The molecule has 2 aliphatic carbocycles. The highest BCUT2D eigenvalue weighted by atomic mass is 35.5. The Bertz CT molecular complexity index is 2350. The van der Waals surface area contributed by atoms with E-state index in [-0.39, 0.29) is 11.2 Å². The van der Waals surface area contributed by atoms with E-state index in [4.69, 9.17) is 73.2 Å². The number of fused-ring (bicyclic) bond motifs is 2. The summed E-state index contributed by atoms with van der Waals surface area (Å²) in [7, 11) is 3.34. The Kier molecular flexibility index (Phi) is 16.5. The number of nitrogen functional groups attached to an aromatic ring is 1. The van der Waals surface area contributed by atoms with Crippen molar-refractivity contribution in [2.24, 2.45) is 0 Å². The number of nitrogens with one attached hydrogen (secondary N) is 1. The molecular formula is C43H39Cl5N6O4. The number of methoxy groups -OCH3 is 2. The summed E-state index contributed by atoms with van der Waals surface area (Å²) in [6, 6.07) is 22.0. The SMILES string of the molecule is COc1cc2c(cc1-c1cnc(N)cn1)CCC2.COc1cc2c(cc1-c1cnc(NC(=O)c3ccccc3Cl)cn1)CCC2.ClCCl.O=C(Cl)c1ccccc1Cl. The number of nitrogens with zero attached hydrogens (tertiary/aromatic N) is 4. The number of rotatable bonds is 7. The Morgan fingerprint density at radius 2 is 1.10 bits per heavy atom. The van der Waals surface area contributed by atoms with E-state index in [2.05, 4.69) is 49.5 Å². The van der Waals surface area contributed by atoms with Gasteiger partial charge in [0, 0.05) is 11.1 Å². The van der Waals surface area contributed by atoms with Gasteiger partial charge in [0.25, 0.3) is 11.1 Å². The summed E-state index contributed by atoms with van der Waals surface area (Å²) in [6.45, 7) is 0. The molecule has 10 nitrogen and oxygen atoms in total. The van der Waals surface area contributed by atoms with Crippen molar-refractivity contribution in [2.75, 3.05) is 30.6 Å². The highest BCUT2D eigenvalue weighted by molar-refractivity contribution is 6.68. The quantitative estimate of drug-likeness (QED) is 0.118. The number of hydrogen-bond acceptors (Lipinski definition) is 9. The summed E-state index contributed by atoms with van der Waals surface area (Å²) in [5, 5.41) is 3.17. The van der Waals surface area contributed by atoms with Gasteiger partial charge >= 0.3 is 0 Å². The molecule has 58 heavy (non-hydrogen) atoms. The highest BCUT2D eigenvalue weighted by Gasteiger charge is 2.19. The van der Waals surface area contributed by atoms with E-state index in [0.717, 1.165) is 54.0 Å². The zero-order valence-electron chi connectivity index (χ0n) is 31.6. The number of alkyl halides is 2. The standard InChI is InChI=1S/C21H18ClN3O2.C14H15N3O.C7H4Cl2O.CH2Cl2/c1-27-19-10-14-6-4-5-13(14)9-16(19)18-11-24-20(12-23-18)25-21(26)15-7-2-3-8-17(15)22;1-18-13-6-10-4-2-3-9(10)5-11(13)12-7-17-14(15)8-16-12;8-6-4-2-1-3-5(6)7(9)10;2-1-3/h2-3,7-12H,4-6H2,1H3,(H,24,25,26);5-8H,2-4H2,1H3,(H2,15,17);1-4H;1H2. The van der Waals surface area contributed by atoms with Crippen LogP contribution in [0.2, 0.25) is 10.0 Å². The van der Waals surface area contributed by atoms with Crippen molar-refractivity contribution in [3.63, 3.8) is 0 Å². The fourth-order valence-electron chi connectivity index (χ4n) is 6.40. The minimum Gasteiger partial charge on any atom is -0.496 e. The molecule has 2 aliphatic rings. The van der Waals surface area contributed by atoms with Crippen molar-refractivity contribution in [1.29, 1.82) is 0 Å². The summed E-state index contributed by atoms with van der Waals surface area (Å²) in [4.78, 5) is 40.1. The molecule has 0 atom stereocenters. The summed E-state index contributed by atoms with van der Waals surface area (Å²) < 4.78 is 11.0. The fraction of sp³-hybridized carbons (Fsp3) is 0.209. The lowest BCUT2D eigenvalue weighted by Gasteiger charge is -2.11. The van der Waals surface area contributed by atoms with E-state index in [0.29, 0.717) is 38.5 Å². The molecule has 2 heterocycles. The number of carbonyl (C=O) groups excluding carboxylic acids is 2. The van der Waals surface area contributed by atoms with Crippen LogP contribution in [0, 0.1) is 0 Å². The normalized spacial score (nSPS) is 11.9. The molecule has 0 bridgehead atoms. The van der Waals surface area contributed by atoms with Crippen LogP contribution in [-0.2, 0) is 25.7 Å². The number of ether oxygens (including phenoxy) is 2. The predicted octanol–water partition coefficient (Wildman–Crippen LogP) is 10.9. The molecule has 0 radical (unpaired) electrons. The highest BCUT2D eigenvalue weighted by Crippen LogP contribution is 2.36. The van der Waals surface area contributed by atoms with E-state index < -0.39 is 5.24 Å². The van der Waals surface area contributed by atoms with E-state index in [9.17, 15) is 9.59 Å².